The molecule has 0 aliphatic heterocycles. The lowest BCUT2D eigenvalue weighted by Gasteiger charge is -2.09. The number of nitrogens with one attached hydrogen (secondary N) is 1. The third-order valence-corrected chi connectivity index (χ3v) is 3.13. The van der Waals surface area contributed by atoms with Gasteiger partial charge >= 0.3 is 5.69 Å². The zero-order valence-corrected chi connectivity index (χ0v) is 12.5. The normalized spacial score (nSPS) is 10.2. The Hall–Kier alpha value is -2.48. The van der Waals surface area contributed by atoms with Crippen molar-refractivity contribution >= 4 is 27.5 Å². The topological polar surface area (TPSA) is 115 Å². The first kappa shape index (κ1) is 14.9. The molecular weight excluding hydrogens is 340 g/mol. The second-order valence-electron chi connectivity index (χ2n) is 4.23. The predicted octanol–water partition coefficient (Wildman–Crippen LogP) is 3.14. The summed E-state index contributed by atoms with van der Waals surface area (Å²) in [7, 11) is 0. The highest BCUT2D eigenvalue weighted by atomic mass is 79.9. The van der Waals surface area contributed by atoms with Crippen LogP contribution in [-0.4, -0.2) is 15.7 Å². The van der Waals surface area contributed by atoms with Crippen molar-refractivity contribution in [2.45, 2.75) is 6.92 Å². The van der Waals surface area contributed by atoms with Crippen molar-refractivity contribution in [3.8, 4) is 11.6 Å². The quantitative estimate of drug-likeness (QED) is 0.380. The van der Waals surface area contributed by atoms with Gasteiger partial charge in [-0.25, -0.2) is 4.98 Å². The van der Waals surface area contributed by atoms with Crippen LogP contribution < -0.4 is 10.5 Å². The summed E-state index contributed by atoms with van der Waals surface area (Å²) in [5.74, 6) is 0.108. The number of amidine groups is 1. The highest BCUT2D eigenvalue weighted by molar-refractivity contribution is 9.10. The lowest BCUT2D eigenvalue weighted by atomic mass is 10.2. The fraction of sp³-hybridized carbons (Fsp3) is 0.0769. The molecular formula is C13H11BrN4O3. The molecule has 0 saturated heterocycles. The maximum Gasteiger partial charge on any atom is 0.313 e. The van der Waals surface area contributed by atoms with Crippen molar-refractivity contribution < 1.29 is 9.66 Å². The van der Waals surface area contributed by atoms with Gasteiger partial charge in [-0.15, -0.1) is 0 Å². The number of aryl methyl sites for hydroxylation is 1. The monoisotopic (exact) mass is 350 g/mol. The fourth-order valence-corrected chi connectivity index (χ4v) is 2.28. The van der Waals surface area contributed by atoms with Crippen molar-refractivity contribution in [1.82, 2.24) is 4.98 Å². The zero-order chi connectivity index (χ0) is 15.6. The molecule has 1 aromatic heterocycles. The zero-order valence-electron chi connectivity index (χ0n) is 11.0. The number of benzene rings is 1. The van der Waals surface area contributed by atoms with Crippen LogP contribution in [0.5, 0.6) is 11.6 Å². The lowest BCUT2D eigenvalue weighted by Crippen LogP contribution is -2.11. The molecule has 0 amide bonds. The van der Waals surface area contributed by atoms with Crippen LogP contribution in [0.1, 0.15) is 11.1 Å². The van der Waals surface area contributed by atoms with Crippen LogP contribution in [0.25, 0.3) is 0 Å². The molecule has 2 aromatic rings. The number of nitro benzene ring substituents is 1. The molecule has 108 valence electrons. The SMILES string of the molecule is Cc1cc(Br)cc([N+](=O)[O-])c1Oc1cc(C(=N)N)ccn1. The number of nitrogens with zero attached hydrogens (tertiary/aromatic N) is 2. The van der Waals surface area contributed by atoms with Gasteiger partial charge in [-0.2, -0.15) is 0 Å². The van der Waals surface area contributed by atoms with Crippen molar-refractivity contribution in [2.75, 3.05) is 0 Å². The van der Waals surface area contributed by atoms with E-state index in [1.807, 2.05) is 0 Å². The molecule has 0 aliphatic rings. The molecule has 2 rings (SSSR count). The molecule has 0 saturated carbocycles. The first-order valence-corrected chi connectivity index (χ1v) is 6.60. The molecule has 0 atom stereocenters. The van der Waals surface area contributed by atoms with Crippen molar-refractivity contribution in [3.63, 3.8) is 0 Å². The molecule has 3 N–H and O–H groups in total. The molecule has 0 fully saturated rings. The van der Waals surface area contributed by atoms with E-state index < -0.39 is 4.92 Å². The molecule has 0 spiro atoms. The Morgan fingerprint density at radius 3 is 2.81 bits per heavy atom. The number of halogens is 1. The summed E-state index contributed by atoms with van der Waals surface area (Å²) in [5, 5.41) is 18.5. The Morgan fingerprint density at radius 1 is 1.48 bits per heavy atom. The maximum atomic E-state index is 11.1. The summed E-state index contributed by atoms with van der Waals surface area (Å²) in [6.45, 7) is 1.70. The minimum absolute atomic E-state index is 0.108. The average Bonchev–Trinajstić information content (AvgIpc) is 2.41. The minimum Gasteiger partial charge on any atom is -0.431 e. The van der Waals surface area contributed by atoms with E-state index in [2.05, 4.69) is 20.9 Å². The van der Waals surface area contributed by atoms with Gasteiger partial charge in [-0.3, -0.25) is 15.5 Å². The average molecular weight is 351 g/mol. The predicted molar refractivity (Wildman–Crippen MR) is 80.9 cm³/mol. The van der Waals surface area contributed by atoms with E-state index in [-0.39, 0.29) is 23.2 Å². The standard InChI is InChI=1S/C13H11BrN4O3/c1-7-4-9(14)6-10(18(19)20)12(7)21-11-5-8(13(15)16)2-3-17-11/h2-6H,1H3,(H3,15,16). The van der Waals surface area contributed by atoms with E-state index in [1.54, 1.807) is 19.1 Å². The number of hydrogen-bond acceptors (Lipinski definition) is 5. The van der Waals surface area contributed by atoms with Gasteiger partial charge in [0.1, 0.15) is 5.84 Å². The van der Waals surface area contributed by atoms with Crippen LogP contribution in [0.15, 0.2) is 34.9 Å². The van der Waals surface area contributed by atoms with Gasteiger partial charge in [0.2, 0.25) is 11.6 Å². The molecule has 1 heterocycles. The maximum absolute atomic E-state index is 11.1. The molecule has 0 radical (unpaired) electrons. The van der Waals surface area contributed by atoms with Crippen LogP contribution in [0.3, 0.4) is 0 Å². The van der Waals surface area contributed by atoms with Gasteiger partial charge in [0.25, 0.3) is 0 Å². The number of nitro groups is 1. The van der Waals surface area contributed by atoms with E-state index in [4.69, 9.17) is 15.9 Å². The number of hydrogen-bond donors (Lipinski definition) is 2. The van der Waals surface area contributed by atoms with Crippen molar-refractivity contribution in [2.24, 2.45) is 5.73 Å². The van der Waals surface area contributed by atoms with Crippen LogP contribution in [0.2, 0.25) is 0 Å². The fourth-order valence-electron chi connectivity index (χ4n) is 1.72. The van der Waals surface area contributed by atoms with Gasteiger partial charge in [0.05, 0.1) is 4.92 Å². The van der Waals surface area contributed by atoms with Gasteiger partial charge in [0, 0.05) is 33.9 Å². The molecule has 21 heavy (non-hydrogen) atoms. The Kier molecular flexibility index (Phi) is 4.18. The van der Waals surface area contributed by atoms with Gasteiger partial charge in [0.15, 0.2) is 0 Å². The van der Waals surface area contributed by atoms with Crippen LogP contribution in [-0.2, 0) is 0 Å². The minimum atomic E-state index is -0.526. The molecule has 1 aromatic carbocycles. The van der Waals surface area contributed by atoms with Gasteiger partial charge in [-0.1, -0.05) is 15.9 Å². The van der Waals surface area contributed by atoms with E-state index in [0.717, 1.165) is 0 Å². The van der Waals surface area contributed by atoms with E-state index in [0.29, 0.717) is 15.6 Å². The summed E-state index contributed by atoms with van der Waals surface area (Å²) in [6.07, 6.45) is 1.42. The molecule has 0 bridgehead atoms. The third-order valence-electron chi connectivity index (χ3n) is 2.67. The van der Waals surface area contributed by atoms with E-state index >= 15 is 0 Å². The second-order valence-corrected chi connectivity index (χ2v) is 5.14. The Labute approximate surface area is 128 Å². The summed E-state index contributed by atoms with van der Waals surface area (Å²) in [6, 6.07) is 6.07. The van der Waals surface area contributed by atoms with Crippen LogP contribution in [0, 0.1) is 22.4 Å². The van der Waals surface area contributed by atoms with E-state index in [1.165, 1.54) is 18.3 Å². The molecule has 0 aliphatic carbocycles. The van der Waals surface area contributed by atoms with Crippen molar-refractivity contribution in [1.29, 1.82) is 5.41 Å². The Balaban J connectivity index is 2.46. The lowest BCUT2D eigenvalue weighted by molar-refractivity contribution is -0.385. The van der Waals surface area contributed by atoms with Gasteiger partial charge in [-0.05, 0) is 19.1 Å². The van der Waals surface area contributed by atoms with Crippen molar-refractivity contribution in [3.05, 3.63) is 56.2 Å². The number of rotatable bonds is 4. The van der Waals surface area contributed by atoms with E-state index in [9.17, 15) is 10.1 Å². The van der Waals surface area contributed by atoms with Gasteiger partial charge < -0.3 is 10.5 Å². The summed E-state index contributed by atoms with van der Waals surface area (Å²) < 4.78 is 6.11. The number of ether oxygens (including phenoxy) is 1. The third kappa shape index (κ3) is 3.34. The Morgan fingerprint density at radius 2 is 2.19 bits per heavy atom. The molecule has 7 nitrogen and oxygen atoms in total. The Bertz CT molecular complexity index is 733. The summed E-state index contributed by atoms with van der Waals surface area (Å²) in [4.78, 5) is 14.6. The largest absolute Gasteiger partial charge is 0.431 e. The number of aromatic nitrogens is 1. The van der Waals surface area contributed by atoms with Crippen LogP contribution >= 0.6 is 15.9 Å². The second kappa shape index (κ2) is 5.88. The number of nitrogens with two attached hydrogens (primary N) is 1. The summed E-state index contributed by atoms with van der Waals surface area (Å²) >= 11 is 3.21. The molecule has 0 unspecified atom stereocenters. The number of pyridine rings is 1. The molecule has 8 heteroatoms. The first-order valence-electron chi connectivity index (χ1n) is 5.81. The summed E-state index contributed by atoms with van der Waals surface area (Å²) in [5.41, 5.74) is 6.24. The highest BCUT2D eigenvalue weighted by Crippen LogP contribution is 2.36. The number of nitrogen functional groups attached to an aromatic ring is 1. The smallest absolute Gasteiger partial charge is 0.313 e. The first-order chi connectivity index (χ1) is 9.88. The van der Waals surface area contributed by atoms with Crippen LogP contribution in [0.4, 0.5) is 5.69 Å². The highest BCUT2D eigenvalue weighted by Gasteiger charge is 2.20.